The Morgan fingerprint density at radius 1 is 1.20 bits per heavy atom. The minimum Gasteiger partial charge on any atom is -0.298 e. The summed E-state index contributed by atoms with van der Waals surface area (Å²) >= 11 is 0. The quantitative estimate of drug-likeness (QED) is 0.628. The lowest BCUT2D eigenvalue weighted by molar-refractivity contribution is 0.0997. The molecule has 2 aliphatic rings. The van der Waals surface area contributed by atoms with E-state index in [0.717, 1.165) is 42.7 Å². The highest BCUT2D eigenvalue weighted by Gasteiger charge is 2.31. The van der Waals surface area contributed by atoms with Gasteiger partial charge in [-0.1, -0.05) is 24.3 Å². The van der Waals surface area contributed by atoms with Gasteiger partial charge in [-0.05, 0) is 69.1 Å². The lowest BCUT2D eigenvalue weighted by Gasteiger charge is -2.36. The second kappa shape index (κ2) is 7.61. The molecule has 30 heavy (non-hydrogen) atoms. The average molecular weight is 399 g/mol. The number of carbonyl (C=O) groups excluding carboxylic acids is 1. The minimum absolute atomic E-state index is 0.264. The summed E-state index contributed by atoms with van der Waals surface area (Å²) in [5, 5.41) is 4.41. The van der Waals surface area contributed by atoms with E-state index in [9.17, 15) is 4.79 Å². The predicted octanol–water partition coefficient (Wildman–Crippen LogP) is 3.89. The third-order valence-electron chi connectivity index (χ3n) is 6.22. The molecule has 1 saturated heterocycles. The highest BCUT2D eigenvalue weighted by Crippen LogP contribution is 2.31. The summed E-state index contributed by atoms with van der Waals surface area (Å²) < 4.78 is 1.78. The molecule has 4 heterocycles. The molecule has 5 rings (SSSR count). The Hall–Kier alpha value is -3.12. The monoisotopic (exact) mass is 399 g/mol. The van der Waals surface area contributed by atoms with Crippen molar-refractivity contribution in [2.75, 3.05) is 13.6 Å². The van der Waals surface area contributed by atoms with Crippen molar-refractivity contribution in [3.05, 3.63) is 65.5 Å². The molecule has 2 atom stereocenters. The van der Waals surface area contributed by atoms with Crippen LogP contribution in [0.1, 0.15) is 34.6 Å². The minimum atomic E-state index is -0.279. The molecule has 0 radical (unpaired) electrons. The van der Waals surface area contributed by atoms with Crippen molar-refractivity contribution in [2.24, 2.45) is 15.9 Å². The fourth-order valence-corrected chi connectivity index (χ4v) is 4.48. The normalized spacial score (nSPS) is 21.9. The molecular formula is C24H25N5O. The number of pyridine rings is 1. The second-order valence-electron chi connectivity index (χ2n) is 8.31. The smallest absolute Gasteiger partial charge is 0.297 e. The van der Waals surface area contributed by atoms with Crippen LogP contribution in [0.15, 0.2) is 58.5 Å². The first-order valence-electron chi connectivity index (χ1n) is 10.5. The van der Waals surface area contributed by atoms with E-state index in [2.05, 4.69) is 40.2 Å². The van der Waals surface area contributed by atoms with Crippen molar-refractivity contribution >= 4 is 29.0 Å². The van der Waals surface area contributed by atoms with Gasteiger partial charge in [0.2, 0.25) is 0 Å². The lowest BCUT2D eigenvalue weighted by Crippen LogP contribution is -2.45. The van der Waals surface area contributed by atoms with Crippen LogP contribution in [-0.2, 0) is 6.42 Å². The number of hydrogen-bond acceptors (Lipinski definition) is 4. The van der Waals surface area contributed by atoms with Gasteiger partial charge in [0.25, 0.3) is 5.91 Å². The molecule has 1 unspecified atom stereocenters. The first-order valence-corrected chi connectivity index (χ1v) is 10.5. The molecule has 1 fully saturated rings. The topological polar surface area (TPSA) is 62.3 Å². The fourth-order valence-electron chi connectivity index (χ4n) is 4.48. The maximum Gasteiger partial charge on any atom is 0.297 e. The van der Waals surface area contributed by atoms with Gasteiger partial charge in [0.1, 0.15) is 0 Å². The summed E-state index contributed by atoms with van der Waals surface area (Å²) in [5.41, 5.74) is 5.90. The van der Waals surface area contributed by atoms with Crippen LogP contribution in [0.3, 0.4) is 0 Å². The van der Waals surface area contributed by atoms with Gasteiger partial charge in [-0.25, -0.2) is 9.51 Å². The number of para-hydroxylation sites is 1. The zero-order chi connectivity index (χ0) is 20.7. The number of fused-ring (bicyclic) bond motifs is 2. The van der Waals surface area contributed by atoms with Gasteiger partial charge < -0.3 is 0 Å². The largest absolute Gasteiger partial charge is 0.298 e. The number of piperidine rings is 1. The van der Waals surface area contributed by atoms with E-state index in [1.807, 2.05) is 37.4 Å². The van der Waals surface area contributed by atoms with Crippen LogP contribution < -0.4 is 0 Å². The molecule has 152 valence electrons. The molecule has 0 aliphatic carbocycles. The zero-order valence-corrected chi connectivity index (χ0v) is 17.3. The van der Waals surface area contributed by atoms with E-state index in [0.29, 0.717) is 5.69 Å². The van der Waals surface area contributed by atoms with Crippen molar-refractivity contribution in [1.82, 2.24) is 14.5 Å². The highest BCUT2D eigenvalue weighted by atomic mass is 16.1. The van der Waals surface area contributed by atoms with Crippen molar-refractivity contribution in [3.8, 4) is 0 Å². The molecular weight excluding hydrogens is 374 g/mol. The maximum absolute atomic E-state index is 12.6. The molecule has 1 amide bonds. The molecule has 1 aromatic carbocycles. The van der Waals surface area contributed by atoms with Crippen LogP contribution in [0.4, 0.5) is 5.69 Å². The van der Waals surface area contributed by atoms with Gasteiger partial charge >= 0.3 is 0 Å². The van der Waals surface area contributed by atoms with Crippen molar-refractivity contribution in [1.29, 1.82) is 0 Å². The molecule has 2 aromatic heterocycles. The van der Waals surface area contributed by atoms with Crippen LogP contribution in [0.25, 0.3) is 5.52 Å². The third kappa shape index (κ3) is 3.48. The van der Waals surface area contributed by atoms with E-state index in [-0.39, 0.29) is 17.9 Å². The lowest BCUT2D eigenvalue weighted by atomic mass is 9.88. The third-order valence-corrected chi connectivity index (χ3v) is 6.22. The van der Waals surface area contributed by atoms with E-state index in [4.69, 9.17) is 4.99 Å². The number of aryl methyl sites for hydroxylation is 1. The van der Waals surface area contributed by atoms with Gasteiger partial charge in [-0.3, -0.25) is 14.7 Å². The SMILES string of the molecule is Cc1cccc2cc(C(=O)N=CC3CCN(C)[C@@H](C4=Nc5ccccc5C4)C3)nn12. The van der Waals surface area contributed by atoms with Crippen LogP contribution in [-0.4, -0.2) is 52.0 Å². The van der Waals surface area contributed by atoms with Crippen LogP contribution >= 0.6 is 0 Å². The first kappa shape index (κ1) is 18.9. The first-order chi connectivity index (χ1) is 14.6. The fraction of sp³-hybridized carbons (Fsp3) is 0.333. The van der Waals surface area contributed by atoms with Crippen molar-refractivity contribution < 1.29 is 4.79 Å². The predicted molar refractivity (Wildman–Crippen MR) is 119 cm³/mol. The van der Waals surface area contributed by atoms with Crippen LogP contribution in [0.2, 0.25) is 0 Å². The maximum atomic E-state index is 12.6. The number of aromatic nitrogens is 2. The second-order valence-corrected chi connectivity index (χ2v) is 8.31. The Morgan fingerprint density at radius 3 is 2.90 bits per heavy atom. The summed E-state index contributed by atoms with van der Waals surface area (Å²) in [6, 6.07) is 16.3. The number of benzene rings is 1. The molecule has 6 heteroatoms. The zero-order valence-electron chi connectivity index (χ0n) is 17.3. The Morgan fingerprint density at radius 2 is 2.07 bits per heavy atom. The number of likely N-dealkylation sites (tertiary alicyclic amines) is 1. The summed E-state index contributed by atoms with van der Waals surface area (Å²) in [6.07, 6.45) is 4.68. The summed E-state index contributed by atoms with van der Waals surface area (Å²) in [4.78, 5) is 24.1. The number of amides is 1. The Kier molecular flexibility index (Phi) is 4.79. The Bertz CT molecular complexity index is 1180. The van der Waals surface area contributed by atoms with E-state index in [1.165, 1.54) is 11.3 Å². The van der Waals surface area contributed by atoms with E-state index >= 15 is 0 Å². The van der Waals surface area contributed by atoms with Crippen LogP contribution in [0, 0.1) is 12.8 Å². The standard InChI is InChI=1S/C24H25N5O/c1-16-6-5-8-19-14-22(27-29(16)19)24(30)25-15-17-10-11-28(2)23(12-17)21-13-18-7-3-4-9-20(18)26-21/h3-9,14-15,17,23H,10-13H2,1-2H3/t17?,23-/m1/s1. The number of aliphatic imine (C=N–C) groups is 2. The number of nitrogens with zero attached hydrogens (tertiary/aromatic N) is 5. The molecule has 2 aliphatic heterocycles. The van der Waals surface area contributed by atoms with Gasteiger partial charge in [0, 0.05) is 30.1 Å². The van der Waals surface area contributed by atoms with Crippen molar-refractivity contribution in [2.45, 2.75) is 32.2 Å². The molecule has 0 N–H and O–H groups in total. The average Bonchev–Trinajstić information content (AvgIpc) is 3.38. The van der Waals surface area contributed by atoms with Gasteiger partial charge in [0.05, 0.1) is 11.2 Å². The Balaban J connectivity index is 1.29. The summed E-state index contributed by atoms with van der Waals surface area (Å²) in [6.45, 7) is 2.94. The van der Waals surface area contributed by atoms with E-state index < -0.39 is 0 Å². The number of hydrogen-bond donors (Lipinski definition) is 0. The van der Waals surface area contributed by atoms with Crippen LogP contribution in [0.5, 0.6) is 0 Å². The summed E-state index contributed by atoms with van der Waals surface area (Å²) in [5.74, 6) is -0.0143. The summed E-state index contributed by atoms with van der Waals surface area (Å²) in [7, 11) is 2.16. The van der Waals surface area contributed by atoms with Gasteiger partial charge in [-0.2, -0.15) is 5.10 Å². The number of rotatable bonds is 3. The highest BCUT2D eigenvalue weighted by molar-refractivity contribution is 6.00. The molecule has 0 saturated carbocycles. The van der Waals surface area contributed by atoms with E-state index in [1.54, 1.807) is 10.6 Å². The molecule has 0 spiro atoms. The number of carbonyl (C=O) groups is 1. The molecule has 6 nitrogen and oxygen atoms in total. The Labute approximate surface area is 176 Å². The van der Waals surface area contributed by atoms with Gasteiger partial charge in [-0.15, -0.1) is 0 Å². The molecule has 0 bridgehead atoms. The molecule has 3 aromatic rings. The van der Waals surface area contributed by atoms with Crippen molar-refractivity contribution in [3.63, 3.8) is 0 Å². The van der Waals surface area contributed by atoms with Gasteiger partial charge in [0.15, 0.2) is 5.69 Å².